The minimum Gasteiger partial charge on any atom is -0.347 e. The fourth-order valence-corrected chi connectivity index (χ4v) is 4.32. The van der Waals surface area contributed by atoms with Gasteiger partial charge >= 0.3 is 0 Å². The van der Waals surface area contributed by atoms with E-state index in [2.05, 4.69) is 15.2 Å². The molecule has 7 heteroatoms. The largest absolute Gasteiger partial charge is 0.347 e. The van der Waals surface area contributed by atoms with Crippen LogP contribution in [-0.4, -0.2) is 24.0 Å². The molecular formula is C19H17ClFN3OS. The molecule has 1 atom stereocenters. The molecule has 134 valence electrons. The number of hydrogen-bond acceptors (Lipinski definition) is 4. The molecule has 1 aromatic heterocycles. The Morgan fingerprint density at radius 2 is 2.08 bits per heavy atom. The third-order valence-electron chi connectivity index (χ3n) is 4.53. The van der Waals surface area contributed by atoms with E-state index in [-0.39, 0.29) is 17.6 Å². The lowest BCUT2D eigenvalue weighted by molar-refractivity contribution is -0.120. The summed E-state index contributed by atoms with van der Waals surface area (Å²) in [4.78, 5) is 19.1. The summed E-state index contributed by atoms with van der Waals surface area (Å²) in [7, 11) is 0. The lowest BCUT2D eigenvalue weighted by Crippen LogP contribution is -2.40. The zero-order valence-corrected chi connectivity index (χ0v) is 15.5. The van der Waals surface area contributed by atoms with E-state index in [0.29, 0.717) is 17.1 Å². The first-order chi connectivity index (χ1) is 12.6. The highest BCUT2D eigenvalue weighted by atomic mass is 35.5. The Morgan fingerprint density at radius 3 is 2.85 bits per heavy atom. The summed E-state index contributed by atoms with van der Waals surface area (Å²) in [6.07, 6.45) is 1.73. The van der Waals surface area contributed by atoms with Gasteiger partial charge < -0.3 is 10.2 Å². The van der Waals surface area contributed by atoms with Gasteiger partial charge in [-0.3, -0.25) is 4.79 Å². The second kappa shape index (κ2) is 7.21. The summed E-state index contributed by atoms with van der Waals surface area (Å²) < 4.78 is 14.7. The summed E-state index contributed by atoms with van der Waals surface area (Å²) in [5.74, 6) is -0.445. The van der Waals surface area contributed by atoms with E-state index in [1.54, 1.807) is 30.3 Å². The number of aromatic nitrogens is 1. The van der Waals surface area contributed by atoms with Gasteiger partial charge in [-0.05, 0) is 49.2 Å². The molecule has 4 rings (SSSR count). The predicted octanol–water partition coefficient (Wildman–Crippen LogP) is 4.94. The van der Waals surface area contributed by atoms with Crippen LogP contribution in [0.3, 0.4) is 0 Å². The zero-order valence-electron chi connectivity index (χ0n) is 13.9. The molecule has 1 amide bonds. The molecular weight excluding hydrogens is 373 g/mol. The van der Waals surface area contributed by atoms with Crippen LogP contribution in [0.4, 0.5) is 15.2 Å². The summed E-state index contributed by atoms with van der Waals surface area (Å²) >= 11 is 7.34. The molecule has 0 radical (unpaired) electrons. The molecule has 1 saturated heterocycles. The number of amides is 1. The van der Waals surface area contributed by atoms with E-state index in [4.69, 9.17) is 11.6 Å². The summed E-state index contributed by atoms with van der Waals surface area (Å²) in [5.41, 5.74) is 1.14. The van der Waals surface area contributed by atoms with Crippen molar-refractivity contribution in [1.29, 1.82) is 0 Å². The Labute approximate surface area is 159 Å². The molecule has 1 unspecified atom stereocenters. The van der Waals surface area contributed by atoms with Crippen molar-refractivity contribution in [2.24, 2.45) is 5.92 Å². The van der Waals surface area contributed by atoms with Crippen molar-refractivity contribution in [3.63, 3.8) is 0 Å². The molecule has 0 spiro atoms. The first-order valence-corrected chi connectivity index (χ1v) is 9.66. The number of nitrogens with zero attached hydrogens (tertiary/aromatic N) is 2. The molecule has 26 heavy (non-hydrogen) atoms. The highest BCUT2D eigenvalue weighted by molar-refractivity contribution is 7.22. The first-order valence-electron chi connectivity index (χ1n) is 8.46. The van der Waals surface area contributed by atoms with Gasteiger partial charge in [0.25, 0.3) is 0 Å². The third kappa shape index (κ3) is 3.52. The fourth-order valence-electron chi connectivity index (χ4n) is 3.18. The van der Waals surface area contributed by atoms with Crippen LogP contribution in [0.2, 0.25) is 5.02 Å². The maximum atomic E-state index is 13.9. The van der Waals surface area contributed by atoms with Crippen molar-refractivity contribution >= 4 is 49.9 Å². The number of rotatable bonds is 3. The van der Waals surface area contributed by atoms with Gasteiger partial charge in [0.2, 0.25) is 5.91 Å². The average Bonchev–Trinajstić information content (AvgIpc) is 3.09. The van der Waals surface area contributed by atoms with Gasteiger partial charge in [0.1, 0.15) is 11.3 Å². The maximum Gasteiger partial charge on any atom is 0.229 e. The Kier molecular flexibility index (Phi) is 4.78. The second-order valence-electron chi connectivity index (χ2n) is 6.36. The van der Waals surface area contributed by atoms with Gasteiger partial charge in [0, 0.05) is 23.8 Å². The normalized spacial score (nSPS) is 17.5. The van der Waals surface area contributed by atoms with Crippen molar-refractivity contribution in [3.8, 4) is 0 Å². The molecule has 1 aliphatic heterocycles. The first kappa shape index (κ1) is 17.2. The molecule has 1 fully saturated rings. The van der Waals surface area contributed by atoms with Crippen LogP contribution in [-0.2, 0) is 4.79 Å². The monoisotopic (exact) mass is 389 g/mol. The van der Waals surface area contributed by atoms with Gasteiger partial charge in [-0.25, -0.2) is 9.37 Å². The number of benzene rings is 2. The maximum absolute atomic E-state index is 13.9. The fraction of sp³-hybridized carbons (Fsp3) is 0.263. The van der Waals surface area contributed by atoms with E-state index in [9.17, 15) is 9.18 Å². The minimum atomic E-state index is -0.306. The van der Waals surface area contributed by atoms with E-state index >= 15 is 0 Å². The Hall–Kier alpha value is -2.18. The van der Waals surface area contributed by atoms with Crippen LogP contribution >= 0.6 is 22.9 Å². The van der Waals surface area contributed by atoms with Crippen molar-refractivity contribution in [2.75, 3.05) is 23.3 Å². The summed E-state index contributed by atoms with van der Waals surface area (Å²) in [5, 5.41) is 4.35. The lowest BCUT2D eigenvalue weighted by Gasteiger charge is -2.31. The standard InChI is InChI=1S/C19H17ClFN3OS/c20-13-6-8-14(9-7-13)22-18(25)12-3-2-10-24(11-12)19-23-17-15(21)4-1-5-16(17)26-19/h1,4-9,12H,2-3,10-11H2,(H,22,25). The van der Waals surface area contributed by atoms with Gasteiger partial charge in [-0.1, -0.05) is 29.0 Å². The minimum absolute atomic E-state index is 0.00989. The van der Waals surface area contributed by atoms with Gasteiger partial charge in [0.15, 0.2) is 5.13 Å². The van der Waals surface area contributed by atoms with Crippen LogP contribution in [0.25, 0.3) is 10.2 Å². The number of carbonyl (C=O) groups excluding carboxylic acids is 1. The number of piperidine rings is 1. The van der Waals surface area contributed by atoms with Crippen molar-refractivity contribution in [1.82, 2.24) is 4.98 Å². The van der Waals surface area contributed by atoms with E-state index < -0.39 is 0 Å². The highest BCUT2D eigenvalue weighted by Crippen LogP contribution is 2.32. The van der Waals surface area contributed by atoms with Crippen LogP contribution < -0.4 is 10.2 Å². The van der Waals surface area contributed by atoms with Crippen LogP contribution in [0.1, 0.15) is 12.8 Å². The predicted molar refractivity (Wildman–Crippen MR) is 105 cm³/mol. The SMILES string of the molecule is O=C(Nc1ccc(Cl)cc1)C1CCCN(c2nc3c(F)cccc3s2)C1. The van der Waals surface area contributed by atoms with Crippen molar-refractivity contribution in [2.45, 2.75) is 12.8 Å². The number of hydrogen-bond donors (Lipinski definition) is 1. The number of carbonyl (C=O) groups is 1. The summed E-state index contributed by atoms with van der Waals surface area (Å²) in [6.45, 7) is 1.41. The number of fused-ring (bicyclic) bond motifs is 1. The molecule has 0 bridgehead atoms. The zero-order chi connectivity index (χ0) is 18.1. The second-order valence-corrected chi connectivity index (χ2v) is 7.81. The number of thiazole rings is 1. The van der Waals surface area contributed by atoms with E-state index in [0.717, 1.165) is 34.9 Å². The van der Waals surface area contributed by atoms with Gasteiger partial charge in [-0.2, -0.15) is 0 Å². The van der Waals surface area contributed by atoms with Crippen LogP contribution in [0, 0.1) is 11.7 Å². The molecule has 4 nitrogen and oxygen atoms in total. The lowest BCUT2D eigenvalue weighted by atomic mass is 9.97. The quantitative estimate of drug-likeness (QED) is 0.689. The molecule has 0 aliphatic carbocycles. The summed E-state index contributed by atoms with van der Waals surface area (Å²) in [6, 6.07) is 12.1. The Morgan fingerprint density at radius 1 is 1.27 bits per heavy atom. The van der Waals surface area contributed by atoms with Crippen LogP contribution in [0.15, 0.2) is 42.5 Å². The van der Waals surface area contributed by atoms with Crippen molar-refractivity contribution < 1.29 is 9.18 Å². The highest BCUT2D eigenvalue weighted by Gasteiger charge is 2.27. The number of halogens is 2. The molecule has 1 N–H and O–H groups in total. The van der Waals surface area contributed by atoms with Crippen molar-refractivity contribution in [3.05, 3.63) is 53.3 Å². The molecule has 2 aromatic carbocycles. The smallest absolute Gasteiger partial charge is 0.229 e. The van der Waals surface area contributed by atoms with Gasteiger partial charge in [0.05, 0.1) is 10.6 Å². The Bertz CT molecular complexity index is 944. The number of anilines is 2. The molecule has 1 aliphatic rings. The van der Waals surface area contributed by atoms with Crippen LogP contribution in [0.5, 0.6) is 0 Å². The van der Waals surface area contributed by atoms with Gasteiger partial charge in [-0.15, -0.1) is 0 Å². The average molecular weight is 390 g/mol. The third-order valence-corrected chi connectivity index (χ3v) is 5.87. The molecule has 3 aromatic rings. The Balaban J connectivity index is 1.48. The number of para-hydroxylation sites is 1. The molecule has 2 heterocycles. The molecule has 0 saturated carbocycles. The topological polar surface area (TPSA) is 45.2 Å². The van der Waals surface area contributed by atoms with E-state index in [1.165, 1.54) is 17.4 Å². The number of nitrogens with one attached hydrogen (secondary N) is 1. The van der Waals surface area contributed by atoms with E-state index in [1.807, 2.05) is 6.07 Å².